The summed E-state index contributed by atoms with van der Waals surface area (Å²) in [5.74, 6) is 0. The van der Waals surface area contributed by atoms with Crippen LogP contribution < -0.4 is 0 Å². The number of fused-ring (bicyclic) bond motifs is 3. The van der Waals surface area contributed by atoms with Gasteiger partial charge in [-0.25, -0.2) is 0 Å². The van der Waals surface area contributed by atoms with Crippen LogP contribution in [0.3, 0.4) is 0 Å². The van der Waals surface area contributed by atoms with Crippen LogP contribution in [0.2, 0.25) is 0 Å². The van der Waals surface area contributed by atoms with Crippen LogP contribution in [-0.2, 0) is 0 Å². The van der Waals surface area contributed by atoms with Gasteiger partial charge < -0.3 is 4.98 Å². The maximum absolute atomic E-state index is 3.53. The third kappa shape index (κ3) is 1.46. The zero-order chi connectivity index (χ0) is 12.1. The minimum atomic E-state index is 1.12. The van der Waals surface area contributed by atoms with E-state index in [-0.39, 0.29) is 0 Å². The summed E-state index contributed by atoms with van der Waals surface area (Å²) in [6.07, 6.45) is 4.08. The molecule has 0 aliphatic rings. The molecule has 0 radical (unpaired) electrons. The lowest BCUT2D eigenvalue weighted by atomic mass is 10.0. The van der Waals surface area contributed by atoms with Crippen LogP contribution in [0.25, 0.3) is 32.3 Å². The molecule has 0 saturated carbocycles. The normalized spacial score (nSPS) is 11.6. The minimum absolute atomic E-state index is 1.12. The third-order valence-corrected chi connectivity index (χ3v) is 3.93. The Morgan fingerprint density at radius 2 is 1.17 bits per heavy atom. The lowest BCUT2D eigenvalue weighted by Gasteiger charge is -2.03. The molecule has 0 saturated heterocycles. The monoisotopic (exact) mass is 295 g/mol. The second-order valence-electron chi connectivity index (χ2n) is 4.63. The van der Waals surface area contributed by atoms with Gasteiger partial charge in [-0.1, -0.05) is 22.0 Å². The standard InChI is InChI=1S/C16H10BrN/c17-16-2-1-10-3-11-5-14-8-18-9-15(14)6-12(11)4-13(10)7-16/h1-9,18H. The molecular weight excluding hydrogens is 286 g/mol. The fourth-order valence-electron chi connectivity index (χ4n) is 2.53. The molecular formula is C16H10BrN. The zero-order valence-electron chi connectivity index (χ0n) is 9.57. The Morgan fingerprint density at radius 3 is 1.89 bits per heavy atom. The highest BCUT2D eigenvalue weighted by molar-refractivity contribution is 9.10. The van der Waals surface area contributed by atoms with E-state index in [1.165, 1.54) is 32.3 Å². The average molecular weight is 296 g/mol. The molecule has 1 aromatic heterocycles. The number of halogens is 1. The minimum Gasteiger partial charge on any atom is -0.366 e. The first kappa shape index (κ1) is 10.2. The van der Waals surface area contributed by atoms with E-state index in [1.807, 2.05) is 12.4 Å². The maximum Gasteiger partial charge on any atom is 0.0181 e. The molecule has 0 aliphatic carbocycles. The van der Waals surface area contributed by atoms with Crippen molar-refractivity contribution in [2.45, 2.75) is 0 Å². The lowest BCUT2D eigenvalue weighted by molar-refractivity contribution is 1.43. The summed E-state index contributed by atoms with van der Waals surface area (Å²) in [6, 6.07) is 15.4. The van der Waals surface area contributed by atoms with Crippen LogP contribution in [-0.4, -0.2) is 4.98 Å². The Labute approximate surface area is 113 Å². The van der Waals surface area contributed by atoms with Gasteiger partial charge in [0.05, 0.1) is 0 Å². The molecule has 18 heavy (non-hydrogen) atoms. The van der Waals surface area contributed by atoms with E-state index in [4.69, 9.17) is 0 Å². The quantitative estimate of drug-likeness (QED) is 0.427. The number of hydrogen-bond donors (Lipinski definition) is 1. The van der Waals surface area contributed by atoms with E-state index >= 15 is 0 Å². The number of nitrogens with one attached hydrogen (secondary N) is 1. The van der Waals surface area contributed by atoms with Crippen molar-refractivity contribution in [3.05, 3.63) is 59.3 Å². The van der Waals surface area contributed by atoms with Crippen LogP contribution in [0.15, 0.2) is 59.3 Å². The van der Waals surface area contributed by atoms with Crippen LogP contribution in [0, 0.1) is 0 Å². The molecule has 0 unspecified atom stereocenters. The van der Waals surface area contributed by atoms with Crippen molar-refractivity contribution >= 4 is 48.2 Å². The van der Waals surface area contributed by atoms with Gasteiger partial charge in [-0.05, 0) is 68.7 Å². The molecule has 1 heterocycles. The van der Waals surface area contributed by atoms with Gasteiger partial charge in [-0.2, -0.15) is 0 Å². The Morgan fingerprint density at radius 1 is 0.611 bits per heavy atom. The molecule has 1 nitrogen and oxygen atoms in total. The third-order valence-electron chi connectivity index (χ3n) is 3.44. The number of H-pyrrole nitrogens is 1. The number of aromatic nitrogens is 1. The zero-order valence-corrected chi connectivity index (χ0v) is 11.2. The SMILES string of the molecule is Brc1ccc2cc3cc4c[nH]cc4cc3cc2c1. The van der Waals surface area contributed by atoms with Crippen molar-refractivity contribution in [3.8, 4) is 0 Å². The van der Waals surface area contributed by atoms with Crippen molar-refractivity contribution in [3.63, 3.8) is 0 Å². The molecule has 1 N–H and O–H groups in total. The summed E-state index contributed by atoms with van der Waals surface area (Å²) >= 11 is 3.53. The predicted molar refractivity (Wildman–Crippen MR) is 81.0 cm³/mol. The number of rotatable bonds is 0. The molecule has 0 atom stereocenters. The first-order valence-electron chi connectivity index (χ1n) is 5.89. The summed E-state index contributed by atoms with van der Waals surface area (Å²) in [6.45, 7) is 0. The topological polar surface area (TPSA) is 15.8 Å². The smallest absolute Gasteiger partial charge is 0.0181 e. The fraction of sp³-hybridized carbons (Fsp3) is 0. The lowest BCUT2D eigenvalue weighted by Crippen LogP contribution is -1.77. The van der Waals surface area contributed by atoms with Crippen molar-refractivity contribution < 1.29 is 0 Å². The highest BCUT2D eigenvalue weighted by Gasteiger charge is 2.02. The number of benzene rings is 3. The summed E-state index contributed by atoms with van der Waals surface area (Å²) in [7, 11) is 0. The molecule has 86 valence electrons. The average Bonchev–Trinajstić information content (AvgIpc) is 2.80. The van der Waals surface area contributed by atoms with Crippen molar-refractivity contribution in [1.82, 2.24) is 4.98 Å². The maximum atomic E-state index is 3.53. The summed E-state index contributed by atoms with van der Waals surface area (Å²) in [4.78, 5) is 3.16. The van der Waals surface area contributed by atoms with Gasteiger partial charge in [0, 0.05) is 16.9 Å². The molecule has 4 aromatic rings. The Bertz CT molecular complexity index is 889. The van der Waals surface area contributed by atoms with Gasteiger partial charge in [0.2, 0.25) is 0 Å². The van der Waals surface area contributed by atoms with E-state index in [2.05, 4.69) is 63.4 Å². The highest BCUT2D eigenvalue weighted by Crippen LogP contribution is 2.28. The van der Waals surface area contributed by atoms with Crippen LogP contribution in [0.1, 0.15) is 0 Å². The van der Waals surface area contributed by atoms with E-state index in [1.54, 1.807) is 0 Å². The Hall–Kier alpha value is -1.80. The number of hydrogen-bond acceptors (Lipinski definition) is 0. The van der Waals surface area contributed by atoms with Crippen LogP contribution in [0.4, 0.5) is 0 Å². The number of aromatic amines is 1. The van der Waals surface area contributed by atoms with E-state index in [0.717, 1.165) is 4.47 Å². The largest absolute Gasteiger partial charge is 0.366 e. The second-order valence-corrected chi connectivity index (χ2v) is 5.54. The molecule has 0 aliphatic heterocycles. The van der Waals surface area contributed by atoms with E-state index < -0.39 is 0 Å². The molecule has 3 aromatic carbocycles. The first-order chi connectivity index (χ1) is 8.79. The van der Waals surface area contributed by atoms with Crippen LogP contribution in [0.5, 0.6) is 0 Å². The molecule has 2 heteroatoms. The second kappa shape index (κ2) is 3.59. The van der Waals surface area contributed by atoms with Gasteiger partial charge in [0.15, 0.2) is 0 Å². The first-order valence-corrected chi connectivity index (χ1v) is 6.68. The van der Waals surface area contributed by atoms with E-state index in [9.17, 15) is 0 Å². The summed E-state index contributed by atoms with van der Waals surface area (Å²) < 4.78 is 1.12. The van der Waals surface area contributed by atoms with E-state index in [0.29, 0.717) is 0 Å². The molecule has 0 spiro atoms. The van der Waals surface area contributed by atoms with Gasteiger partial charge in [-0.15, -0.1) is 0 Å². The summed E-state index contributed by atoms with van der Waals surface area (Å²) in [5, 5.41) is 7.65. The summed E-state index contributed by atoms with van der Waals surface area (Å²) in [5.41, 5.74) is 0. The predicted octanol–water partition coefficient (Wildman–Crippen LogP) is 5.24. The molecule has 0 bridgehead atoms. The van der Waals surface area contributed by atoms with Crippen molar-refractivity contribution in [1.29, 1.82) is 0 Å². The van der Waals surface area contributed by atoms with Gasteiger partial charge in [0.25, 0.3) is 0 Å². The van der Waals surface area contributed by atoms with Crippen LogP contribution >= 0.6 is 15.9 Å². The van der Waals surface area contributed by atoms with Crippen molar-refractivity contribution in [2.75, 3.05) is 0 Å². The van der Waals surface area contributed by atoms with Gasteiger partial charge in [0.1, 0.15) is 0 Å². The van der Waals surface area contributed by atoms with Crippen molar-refractivity contribution in [2.24, 2.45) is 0 Å². The van der Waals surface area contributed by atoms with Gasteiger partial charge >= 0.3 is 0 Å². The molecule has 0 amide bonds. The Kier molecular flexibility index (Phi) is 2.03. The highest BCUT2D eigenvalue weighted by atomic mass is 79.9. The molecule has 4 rings (SSSR count). The fourth-order valence-corrected chi connectivity index (χ4v) is 2.91. The Balaban J connectivity index is 2.18. The van der Waals surface area contributed by atoms with Gasteiger partial charge in [-0.3, -0.25) is 0 Å². The molecule has 0 fully saturated rings.